The van der Waals surface area contributed by atoms with Gasteiger partial charge in [-0.25, -0.2) is 0 Å². The van der Waals surface area contributed by atoms with E-state index in [0.717, 1.165) is 17.4 Å². The Balaban J connectivity index is 1.41. The molecule has 1 N–H and O–H groups in total. The van der Waals surface area contributed by atoms with Crippen LogP contribution in [0.5, 0.6) is 0 Å². The quantitative estimate of drug-likeness (QED) is 0.795. The van der Waals surface area contributed by atoms with E-state index in [-0.39, 0.29) is 11.5 Å². The molecule has 1 aromatic carbocycles. The first kappa shape index (κ1) is 17.1. The Bertz CT molecular complexity index is 656. The Morgan fingerprint density at radius 1 is 1.20 bits per heavy atom. The monoisotopic (exact) mass is 359 g/mol. The number of carbonyl (C=O) groups excluding carboxylic acids is 1. The molecule has 0 atom stereocenters. The molecule has 3 nitrogen and oxygen atoms in total. The van der Waals surface area contributed by atoms with E-state index in [4.69, 9.17) is 16.3 Å². The first-order chi connectivity index (χ1) is 12.1. The first-order valence-electron chi connectivity index (χ1n) is 9.36. The van der Waals surface area contributed by atoms with Crippen molar-refractivity contribution in [3.63, 3.8) is 0 Å². The molecular weight excluding hydrogens is 334 g/mol. The second-order valence-corrected chi connectivity index (χ2v) is 8.44. The van der Waals surface area contributed by atoms with Crippen LogP contribution in [0.4, 0.5) is 0 Å². The van der Waals surface area contributed by atoms with Gasteiger partial charge in [-0.15, -0.1) is 0 Å². The number of nitrogens with one attached hydrogen (secondary N) is 1. The minimum absolute atomic E-state index is 0.0786. The number of halogens is 1. The molecule has 1 amide bonds. The molecule has 0 heterocycles. The highest BCUT2D eigenvalue weighted by Crippen LogP contribution is 2.59. The Labute approximate surface area is 154 Å². The zero-order valence-electron chi connectivity index (χ0n) is 14.7. The topological polar surface area (TPSA) is 38.3 Å². The summed E-state index contributed by atoms with van der Waals surface area (Å²) in [5, 5.41) is 3.75. The third kappa shape index (κ3) is 3.13. The first-order valence-corrected chi connectivity index (χ1v) is 9.74. The Hall–Kier alpha value is -1.32. The van der Waals surface area contributed by atoms with Crippen LogP contribution in [0.1, 0.15) is 37.7 Å². The van der Waals surface area contributed by atoms with Crippen molar-refractivity contribution in [2.75, 3.05) is 13.7 Å². The Morgan fingerprint density at radius 2 is 1.84 bits per heavy atom. The van der Waals surface area contributed by atoms with E-state index in [9.17, 15) is 4.79 Å². The molecule has 4 saturated carbocycles. The molecule has 0 aliphatic heterocycles. The zero-order valence-corrected chi connectivity index (χ0v) is 15.5. The lowest BCUT2D eigenvalue weighted by Gasteiger charge is -2.60. The molecule has 0 unspecified atom stereocenters. The summed E-state index contributed by atoms with van der Waals surface area (Å²) in [7, 11) is 1.83. The van der Waals surface area contributed by atoms with E-state index in [1.807, 2.05) is 31.4 Å². The standard InChI is InChI=1S/C21H26ClNO2/c1-25-21(17-9-14-8-15(11-17)12-18(21)10-14)13-23-20(24)7-6-16-4-2-3-5-19(16)22/h2-7,14-15,17-18H,8-13H2,1H3,(H,23,24)/b7-6+. The van der Waals surface area contributed by atoms with E-state index in [1.165, 1.54) is 32.1 Å². The number of hydrogen-bond donors (Lipinski definition) is 1. The second-order valence-electron chi connectivity index (χ2n) is 8.04. The second kappa shape index (κ2) is 6.77. The van der Waals surface area contributed by atoms with Gasteiger partial charge >= 0.3 is 0 Å². The van der Waals surface area contributed by atoms with Crippen molar-refractivity contribution < 1.29 is 9.53 Å². The number of hydrogen-bond acceptors (Lipinski definition) is 2. The molecule has 4 aliphatic rings. The molecule has 134 valence electrons. The van der Waals surface area contributed by atoms with Crippen molar-refractivity contribution in [2.45, 2.75) is 37.7 Å². The van der Waals surface area contributed by atoms with Gasteiger partial charge in [0, 0.05) is 24.8 Å². The van der Waals surface area contributed by atoms with E-state index in [1.54, 1.807) is 12.2 Å². The van der Waals surface area contributed by atoms with E-state index in [0.29, 0.717) is 23.4 Å². The molecule has 5 rings (SSSR count). The summed E-state index contributed by atoms with van der Waals surface area (Å²) in [4.78, 5) is 12.3. The molecule has 0 aromatic heterocycles. The van der Waals surface area contributed by atoms with E-state index >= 15 is 0 Å². The van der Waals surface area contributed by atoms with Gasteiger partial charge in [0.1, 0.15) is 0 Å². The van der Waals surface area contributed by atoms with Crippen molar-refractivity contribution in [3.05, 3.63) is 40.9 Å². The van der Waals surface area contributed by atoms with Gasteiger partial charge in [0.2, 0.25) is 5.91 Å². The number of ether oxygens (including phenoxy) is 1. The van der Waals surface area contributed by atoms with Crippen LogP contribution in [0.25, 0.3) is 6.08 Å². The molecule has 4 bridgehead atoms. The average molecular weight is 360 g/mol. The van der Waals surface area contributed by atoms with E-state index in [2.05, 4.69) is 5.32 Å². The fraction of sp³-hybridized carbons (Fsp3) is 0.571. The summed E-state index contributed by atoms with van der Waals surface area (Å²) in [5.41, 5.74) is 0.691. The van der Waals surface area contributed by atoms with Gasteiger partial charge in [-0.3, -0.25) is 4.79 Å². The van der Waals surface area contributed by atoms with Gasteiger partial charge in [-0.1, -0.05) is 29.8 Å². The molecule has 4 heteroatoms. The minimum atomic E-state index is -0.165. The number of carbonyl (C=O) groups is 1. The number of rotatable bonds is 5. The SMILES string of the molecule is COC1(CNC(=O)/C=C/c2ccccc2Cl)C2CC3CC(C2)CC1C3. The Morgan fingerprint density at radius 3 is 2.44 bits per heavy atom. The van der Waals surface area contributed by atoms with Crippen molar-refractivity contribution in [1.82, 2.24) is 5.32 Å². The summed E-state index contributed by atoms with van der Waals surface area (Å²) < 4.78 is 6.09. The number of benzene rings is 1. The third-order valence-corrected chi connectivity index (χ3v) is 7.10. The van der Waals surface area contributed by atoms with Crippen LogP contribution in [0.3, 0.4) is 0 Å². The number of methoxy groups -OCH3 is 1. The normalized spacial score (nSPS) is 36.1. The van der Waals surface area contributed by atoms with Crippen LogP contribution >= 0.6 is 11.6 Å². The fourth-order valence-corrected chi connectivity index (χ4v) is 5.93. The molecule has 4 fully saturated rings. The highest BCUT2D eigenvalue weighted by molar-refractivity contribution is 6.32. The minimum Gasteiger partial charge on any atom is -0.376 e. The maximum atomic E-state index is 12.3. The lowest BCUT2D eigenvalue weighted by atomic mass is 9.49. The predicted octanol–water partition coefficient (Wildman–Crippen LogP) is 4.31. The van der Waals surface area contributed by atoms with Crippen LogP contribution in [-0.2, 0) is 9.53 Å². The highest BCUT2D eigenvalue weighted by Gasteiger charge is 2.57. The van der Waals surface area contributed by atoms with Gasteiger partial charge in [0.25, 0.3) is 0 Å². The van der Waals surface area contributed by atoms with Crippen LogP contribution in [0.2, 0.25) is 5.02 Å². The van der Waals surface area contributed by atoms with Crippen molar-refractivity contribution in [2.24, 2.45) is 23.7 Å². The lowest BCUT2D eigenvalue weighted by Crippen LogP contribution is -2.63. The van der Waals surface area contributed by atoms with Crippen LogP contribution in [0, 0.1) is 23.7 Å². The fourth-order valence-electron chi connectivity index (χ4n) is 5.74. The van der Waals surface area contributed by atoms with Gasteiger partial charge in [0.15, 0.2) is 0 Å². The van der Waals surface area contributed by atoms with Crippen LogP contribution < -0.4 is 5.32 Å². The van der Waals surface area contributed by atoms with Gasteiger partial charge in [-0.05, 0) is 73.5 Å². The largest absolute Gasteiger partial charge is 0.376 e. The zero-order chi connectivity index (χ0) is 17.4. The van der Waals surface area contributed by atoms with Crippen molar-refractivity contribution in [1.29, 1.82) is 0 Å². The predicted molar refractivity (Wildman–Crippen MR) is 100 cm³/mol. The summed E-state index contributed by atoms with van der Waals surface area (Å²) in [5.74, 6) is 2.90. The lowest BCUT2D eigenvalue weighted by molar-refractivity contribution is -0.187. The number of amides is 1. The molecular formula is C21H26ClNO2. The van der Waals surface area contributed by atoms with Crippen LogP contribution in [0.15, 0.2) is 30.3 Å². The van der Waals surface area contributed by atoms with Gasteiger partial charge < -0.3 is 10.1 Å². The van der Waals surface area contributed by atoms with Gasteiger partial charge in [0.05, 0.1) is 5.60 Å². The summed E-state index contributed by atoms with van der Waals surface area (Å²) in [6.45, 7) is 0.615. The molecule has 1 aromatic rings. The Kier molecular flexibility index (Phi) is 4.63. The summed E-state index contributed by atoms with van der Waals surface area (Å²) in [6.07, 6.45) is 9.84. The molecule has 4 aliphatic carbocycles. The molecule has 0 radical (unpaired) electrons. The average Bonchev–Trinajstić information content (AvgIpc) is 2.60. The highest BCUT2D eigenvalue weighted by atomic mass is 35.5. The van der Waals surface area contributed by atoms with Crippen molar-refractivity contribution >= 4 is 23.6 Å². The summed E-state index contributed by atoms with van der Waals surface area (Å²) in [6, 6.07) is 7.53. The molecule has 0 spiro atoms. The van der Waals surface area contributed by atoms with Crippen molar-refractivity contribution in [3.8, 4) is 0 Å². The maximum absolute atomic E-state index is 12.3. The van der Waals surface area contributed by atoms with Crippen LogP contribution in [-0.4, -0.2) is 25.2 Å². The maximum Gasteiger partial charge on any atom is 0.244 e. The third-order valence-electron chi connectivity index (χ3n) is 6.76. The van der Waals surface area contributed by atoms with Gasteiger partial charge in [-0.2, -0.15) is 0 Å². The van der Waals surface area contributed by atoms with E-state index < -0.39 is 0 Å². The summed E-state index contributed by atoms with van der Waals surface area (Å²) >= 11 is 6.13. The smallest absolute Gasteiger partial charge is 0.244 e. The molecule has 25 heavy (non-hydrogen) atoms. The molecule has 0 saturated heterocycles.